The molecule has 3 aromatic rings. The highest BCUT2D eigenvalue weighted by molar-refractivity contribution is 5.94. The average molecular weight is 413 g/mol. The SMILES string of the molecule is CC(CO)NCc1cc2cc3c(cc2n1C)OCCc1c-3[nH]c(=O)c(C(=O)O)c1O. The first-order chi connectivity index (χ1) is 14.3. The van der Waals surface area contributed by atoms with E-state index in [1.54, 1.807) is 0 Å². The lowest BCUT2D eigenvalue weighted by molar-refractivity contribution is 0.0691. The fraction of sp³-hybridized carbons (Fsp3) is 0.333. The van der Waals surface area contributed by atoms with E-state index in [2.05, 4.69) is 10.3 Å². The van der Waals surface area contributed by atoms with E-state index in [4.69, 9.17) is 4.74 Å². The van der Waals surface area contributed by atoms with Gasteiger partial charge in [-0.05, 0) is 19.1 Å². The molecule has 9 nitrogen and oxygen atoms in total. The molecule has 0 radical (unpaired) electrons. The largest absolute Gasteiger partial charge is 0.506 e. The highest BCUT2D eigenvalue weighted by Crippen LogP contribution is 2.40. The fourth-order valence-corrected chi connectivity index (χ4v) is 3.81. The number of nitrogens with one attached hydrogen (secondary N) is 2. The second kappa shape index (κ2) is 7.51. The van der Waals surface area contributed by atoms with E-state index in [1.165, 1.54) is 0 Å². The maximum Gasteiger partial charge on any atom is 0.345 e. The van der Waals surface area contributed by atoms with Crippen LogP contribution in [0.5, 0.6) is 11.5 Å². The molecule has 30 heavy (non-hydrogen) atoms. The van der Waals surface area contributed by atoms with Crippen LogP contribution in [0.1, 0.15) is 28.5 Å². The van der Waals surface area contributed by atoms with Gasteiger partial charge < -0.3 is 34.9 Å². The number of aliphatic hydroxyl groups is 1. The molecule has 3 heterocycles. The minimum atomic E-state index is -1.48. The van der Waals surface area contributed by atoms with Crippen molar-refractivity contribution in [2.75, 3.05) is 13.2 Å². The molecular formula is C21H23N3O6. The Morgan fingerprint density at radius 2 is 2.13 bits per heavy atom. The van der Waals surface area contributed by atoms with Gasteiger partial charge in [0.1, 0.15) is 11.5 Å². The van der Waals surface area contributed by atoms with Crippen molar-refractivity contribution in [3.8, 4) is 22.8 Å². The molecule has 2 aromatic heterocycles. The summed E-state index contributed by atoms with van der Waals surface area (Å²) >= 11 is 0. The van der Waals surface area contributed by atoms with Crippen LogP contribution in [0.4, 0.5) is 0 Å². The number of ether oxygens (including phenoxy) is 1. The van der Waals surface area contributed by atoms with Crippen molar-refractivity contribution in [3.05, 3.63) is 45.4 Å². The summed E-state index contributed by atoms with van der Waals surface area (Å²) in [6.07, 6.45) is 0.261. The molecule has 0 fully saturated rings. The van der Waals surface area contributed by atoms with Gasteiger partial charge in [0.2, 0.25) is 0 Å². The van der Waals surface area contributed by atoms with E-state index in [0.717, 1.165) is 16.6 Å². The standard InChI is InChI=1S/C21H23N3O6/c1-10(9-25)22-8-12-5-11-6-14-16(7-15(11)24(12)2)30-4-3-13-18(14)23-20(27)17(19(13)26)21(28)29/h5-7,10,22,25H,3-4,8-9H2,1-2H3,(H,28,29)(H2,23,26,27). The van der Waals surface area contributed by atoms with Crippen LogP contribution in [0.3, 0.4) is 0 Å². The third-order valence-corrected chi connectivity index (χ3v) is 5.53. The Bertz CT molecular complexity index is 1210. The molecule has 1 aliphatic heterocycles. The molecule has 0 bridgehead atoms. The number of hydrogen-bond donors (Lipinski definition) is 5. The second-order valence-corrected chi connectivity index (χ2v) is 7.50. The molecule has 1 aliphatic rings. The predicted molar refractivity (Wildman–Crippen MR) is 110 cm³/mol. The van der Waals surface area contributed by atoms with Crippen LogP contribution in [0.15, 0.2) is 23.0 Å². The lowest BCUT2D eigenvalue weighted by Crippen LogP contribution is -2.29. The number of nitrogens with zero attached hydrogens (tertiary/aromatic N) is 1. The molecule has 1 aromatic carbocycles. The predicted octanol–water partition coefficient (Wildman–Crippen LogP) is 1.34. The Hall–Kier alpha value is -3.30. The molecule has 9 heteroatoms. The summed E-state index contributed by atoms with van der Waals surface area (Å²) in [7, 11) is 1.94. The zero-order valence-electron chi connectivity index (χ0n) is 16.7. The number of H-pyrrole nitrogens is 1. The molecule has 0 saturated heterocycles. The normalized spacial score (nSPS) is 14.0. The zero-order valence-corrected chi connectivity index (χ0v) is 16.7. The molecule has 4 rings (SSSR count). The molecular weight excluding hydrogens is 390 g/mol. The summed E-state index contributed by atoms with van der Waals surface area (Å²) in [5.74, 6) is -1.45. The van der Waals surface area contributed by atoms with Crippen LogP contribution in [0.25, 0.3) is 22.2 Å². The van der Waals surface area contributed by atoms with Crippen LogP contribution in [0.2, 0.25) is 0 Å². The van der Waals surface area contributed by atoms with Crippen LogP contribution < -0.4 is 15.6 Å². The van der Waals surface area contributed by atoms with Crippen molar-refractivity contribution in [1.29, 1.82) is 0 Å². The number of aromatic amines is 1. The van der Waals surface area contributed by atoms with Gasteiger partial charge in [-0.2, -0.15) is 0 Å². The Balaban J connectivity index is 1.87. The second-order valence-electron chi connectivity index (χ2n) is 7.50. The quantitative estimate of drug-likeness (QED) is 0.426. The van der Waals surface area contributed by atoms with Gasteiger partial charge in [-0.25, -0.2) is 4.79 Å². The van der Waals surface area contributed by atoms with Crippen molar-refractivity contribution in [1.82, 2.24) is 14.9 Å². The highest BCUT2D eigenvalue weighted by atomic mass is 16.5. The Labute approximate surface area is 171 Å². The van der Waals surface area contributed by atoms with E-state index >= 15 is 0 Å². The number of carbonyl (C=O) groups is 1. The highest BCUT2D eigenvalue weighted by Gasteiger charge is 2.26. The number of aryl methyl sites for hydroxylation is 1. The van der Waals surface area contributed by atoms with Crippen molar-refractivity contribution in [3.63, 3.8) is 0 Å². The number of hydrogen-bond acceptors (Lipinski definition) is 6. The summed E-state index contributed by atoms with van der Waals surface area (Å²) in [4.78, 5) is 26.3. The van der Waals surface area contributed by atoms with Crippen molar-refractivity contribution >= 4 is 16.9 Å². The van der Waals surface area contributed by atoms with Crippen molar-refractivity contribution in [2.45, 2.75) is 25.9 Å². The molecule has 1 atom stereocenters. The zero-order chi connectivity index (χ0) is 21.6. The Morgan fingerprint density at radius 1 is 1.37 bits per heavy atom. The molecule has 0 aliphatic carbocycles. The maximum absolute atomic E-state index is 12.3. The number of aromatic carboxylic acids is 1. The molecule has 0 amide bonds. The number of aromatic nitrogens is 2. The van der Waals surface area contributed by atoms with E-state index < -0.39 is 22.8 Å². The summed E-state index contributed by atoms with van der Waals surface area (Å²) in [6.45, 7) is 2.73. The average Bonchev–Trinajstić information content (AvgIpc) is 2.89. The number of pyridine rings is 1. The van der Waals surface area contributed by atoms with Gasteiger partial charge in [0.15, 0.2) is 5.56 Å². The molecule has 5 N–H and O–H groups in total. The van der Waals surface area contributed by atoms with Gasteiger partial charge in [-0.3, -0.25) is 4.79 Å². The summed E-state index contributed by atoms with van der Waals surface area (Å²) < 4.78 is 7.89. The number of carboxylic acids is 1. The minimum Gasteiger partial charge on any atom is -0.506 e. The summed E-state index contributed by atoms with van der Waals surface area (Å²) in [6, 6.07) is 5.70. The Kier molecular flexibility index (Phi) is 5.00. The first-order valence-corrected chi connectivity index (χ1v) is 9.63. The molecule has 158 valence electrons. The number of fused-ring (bicyclic) bond motifs is 4. The van der Waals surface area contributed by atoms with Crippen LogP contribution in [-0.4, -0.2) is 50.1 Å². The number of rotatable bonds is 5. The topological polar surface area (TPSA) is 137 Å². The van der Waals surface area contributed by atoms with E-state index in [0.29, 0.717) is 29.1 Å². The first kappa shape index (κ1) is 20.0. The van der Waals surface area contributed by atoms with Gasteiger partial charge in [0.25, 0.3) is 5.56 Å². The summed E-state index contributed by atoms with van der Waals surface area (Å²) in [5, 5.41) is 33.1. The van der Waals surface area contributed by atoms with Crippen LogP contribution >= 0.6 is 0 Å². The lowest BCUT2D eigenvalue weighted by atomic mass is 9.99. The number of benzene rings is 1. The maximum atomic E-state index is 12.3. The minimum absolute atomic E-state index is 0.0357. The molecule has 0 spiro atoms. The van der Waals surface area contributed by atoms with Crippen molar-refractivity contribution in [2.24, 2.45) is 7.05 Å². The van der Waals surface area contributed by atoms with E-state index in [-0.39, 0.29) is 25.7 Å². The van der Waals surface area contributed by atoms with Gasteiger partial charge in [-0.1, -0.05) is 0 Å². The van der Waals surface area contributed by atoms with Gasteiger partial charge >= 0.3 is 5.97 Å². The fourth-order valence-electron chi connectivity index (χ4n) is 3.81. The number of aromatic hydroxyl groups is 1. The first-order valence-electron chi connectivity index (χ1n) is 9.63. The van der Waals surface area contributed by atoms with Gasteiger partial charge in [0, 0.05) is 54.3 Å². The van der Waals surface area contributed by atoms with Crippen LogP contribution in [-0.2, 0) is 20.0 Å². The lowest BCUT2D eigenvalue weighted by Gasteiger charge is -2.12. The van der Waals surface area contributed by atoms with E-state index in [9.17, 15) is 24.9 Å². The Morgan fingerprint density at radius 3 is 2.83 bits per heavy atom. The smallest absolute Gasteiger partial charge is 0.345 e. The monoisotopic (exact) mass is 413 g/mol. The number of aliphatic hydroxyl groups excluding tert-OH is 1. The summed E-state index contributed by atoms with van der Waals surface area (Å²) in [5.41, 5.74) is 1.72. The van der Waals surface area contributed by atoms with E-state index in [1.807, 2.05) is 36.7 Å². The number of carboxylic acid groups (broad SMARTS) is 1. The molecule has 0 saturated carbocycles. The third kappa shape index (κ3) is 3.21. The third-order valence-electron chi connectivity index (χ3n) is 5.53. The van der Waals surface area contributed by atoms with Gasteiger partial charge in [-0.15, -0.1) is 0 Å². The van der Waals surface area contributed by atoms with Gasteiger partial charge in [0.05, 0.1) is 24.4 Å². The van der Waals surface area contributed by atoms with Crippen molar-refractivity contribution < 1.29 is 24.9 Å². The molecule has 1 unspecified atom stereocenters. The van der Waals surface area contributed by atoms with Crippen LogP contribution in [0, 0.1) is 0 Å².